The molecule has 0 fully saturated rings. The van der Waals surface area contributed by atoms with Crippen LogP contribution in [-0.4, -0.2) is 5.84 Å². The number of nitrogens with zero attached hydrogens (tertiary/aromatic N) is 1. The van der Waals surface area contributed by atoms with Gasteiger partial charge in [0.05, 0.1) is 5.70 Å². The average Bonchev–Trinajstić information content (AvgIpc) is 3.66. The van der Waals surface area contributed by atoms with E-state index in [1.807, 2.05) is 31.2 Å². The summed E-state index contributed by atoms with van der Waals surface area (Å²) in [7, 11) is 0. The van der Waals surface area contributed by atoms with Gasteiger partial charge < -0.3 is 14.6 Å². The molecule has 6 aromatic rings. The van der Waals surface area contributed by atoms with Crippen LogP contribution < -0.4 is 5.73 Å². The first-order valence-electron chi connectivity index (χ1n) is 15.9. The predicted molar refractivity (Wildman–Crippen MR) is 194 cm³/mol. The van der Waals surface area contributed by atoms with E-state index in [0.29, 0.717) is 11.5 Å². The second kappa shape index (κ2) is 11.4. The third-order valence-electron chi connectivity index (χ3n) is 9.06. The second-order valence-corrected chi connectivity index (χ2v) is 12.0. The first kappa shape index (κ1) is 27.9. The standard InChI is InChI=1S/C42H34N2O2/c1-3-4-5-13-31-23-32(25-39-40(31)33-14-8-9-16-36(33)45-39)30-20-21-34-38(24-30)46-37-17-10-15-35(41(34)37)42(43)44-26(2)28-19-18-27-11-6-7-12-29(27)22-28/h3-6,8-9,11,13-16,18-25H,2,7,10,12,17H2,1H3,(H2,43,44)/b4-3-,13-5-. The van der Waals surface area contributed by atoms with Gasteiger partial charge in [-0.05, 0) is 96.0 Å². The molecule has 0 amide bonds. The number of para-hydroxylation sites is 1. The van der Waals surface area contributed by atoms with E-state index in [-0.39, 0.29) is 0 Å². The van der Waals surface area contributed by atoms with Crippen LogP contribution in [0.25, 0.3) is 67.5 Å². The zero-order valence-corrected chi connectivity index (χ0v) is 25.8. The van der Waals surface area contributed by atoms with Crippen LogP contribution in [0, 0.1) is 0 Å². The van der Waals surface area contributed by atoms with E-state index < -0.39 is 0 Å². The van der Waals surface area contributed by atoms with Crippen molar-refractivity contribution in [3.05, 3.63) is 143 Å². The highest BCUT2D eigenvalue weighted by molar-refractivity contribution is 6.26. The normalized spacial score (nSPS) is 14.9. The largest absolute Gasteiger partial charge is 0.460 e. The summed E-state index contributed by atoms with van der Waals surface area (Å²) in [6, 6.07) is 25.4. The number of rotatable bonds is 6. The van der Waals surface area contributed by atoms with Gasteiger partial charge in [-0.25, -0.2) is 4.99 Å². The fourth-order valence-corrected chi connectivity index (χ4v) is 6.82. The van der Waals surface area contributed by atoms with Gasteiger partial charge in [0.2, 0.25) is 0 Å². The Balaban J connectivity index is 1.17. The minimum atomic E-state index is 0.461. The lowest BCUT2D eigenvalue weighted by Crippen LogP contribution is -2.16. The lowest BCUT2D eigenvalue weighted by atomic mass is 9.92. The summed E-state index contributed by atoms with van der Waals surface area (Å²) in [5, 5.41) is 3.27. The van der Waals surface area contributed by atoms with Crippen LogP contribution in [0.3, 0.4) is 0 Å². The summed E-state index contributed by atoms with van der Waals surface area (Å²) >= 11 is 0. The maximum absolute atomic E-state index is 6.71. The molecular weight excluding hydrogens is 564 g/mol. The summed E-state index contributed by atoms with van der Waals surface area (Å²) in [5.41, 5.74) is 18.7. The number of benzene rings is 4. The SMILES string of the molecule is C=C(N=C(N)C1=CCCc2oc3cc(-c4cc(/C=C\C=C/C)c5c(c4)oc4ccccc45)ccc3c21)c1ccc2c(c1)CCC=C2. The van der Waals surface area contributed by atoms with E-state index in [1.54, 1.807) is 0 Å². The Kier molecular flexibility index (Phi) is 6.91. The highest BCUT2D eigenvalue weighted by atomic mass is 16.3. The molecule has 2 aliphatic carbocycles. The molecule has 0 atom stereocenters. The van der Waals surface area contributed by atoms with Crippen molar-refractivity contribution in [3.8, 4) is 11.1 Å². The maximum atomic E-state index is 6.71. The van der Waals surface area contributed by atoms with Gasteiger partial charge in [0, 0.05) is 33.7 Å². The molecule has 224 valence electrons. The molecule has 0 unspecified atom stereocenters. The first-order chi connectivity index (χ1) is 22.6. The van der Waals surface area contributed by atoms with Crippen LogP contribution in [0.2, 0.25) is 0 Å². The van der Waals surface area contributed by atoms with Crippen LogP contribution in [-0.2, 0) is 12.8 Å². The van der Waals surface area contributed by atoms with E-state index in [2.05, 4.69) is 97.6 Å². The highest BCUT2D eigenvalue weighted by Gasteiger charge is 2.24. The number of hydrogen-bond acceptors (Lipinski definition) is 3. The minimum Gasteiger partial charge on any atom is -0.460 e. The van der Waals surface area contributed by atoms with E-state index in [1.165, 1.54) is 11.1 Å². The van der Waals surface area contributed by atoms with Crippen LogP contribution in [0.5, 0.6) is 0 Å². The Labute approximate surface area is 268 Å². The summed E-state index contributed by atoms with van der Waals surface area (Å²) in [4.78, 5) is 4.81. The zero-order chi connectivity index (χ0) is 31.2. The van der Waals surface area contributed by atoms with Crippen molar-refractivity contribution >= 4 is 62.2 Å². The molecule has 46 heavy (non-hydrogen) atoms. The van der Waals surface area contributed by atoms with E-state index >= 15 is 0 Å². The van der Waals surface area contributed by atoms with Gasteiger partial charge in [0.15, 0.2) is 0 Å². The lowest BCUT2D eigenvalue weighted by molar-refractivity contribution is 0.546. The topological polar surface area (TPSA) is 64.7 Å². The quantitative estimate of drug-likeness (QED) is 0.118. The monoisotopic (exact) mass is 598 g/mol. The number of amidine groups is 1. The molecule has 2 N–H and O–H groups in total. The Morgan fingerprint density at radius 3 is 2.65 bits per heavy atom. The fourth-order valence-electron chi connectivity index (χ4n) is 6.82. The molecule has 4 heteroatoms. The molecule has 2 aliphatic rings. The summed E-state index contributed by atoms with van der Waals surface area (Å²) in [5.74, 6) is 1.40. The number of fused-ring (bicyclic) bond motifs is 7. The molecule has 0 radical (unpaired) electrons. The Morgan fingerprint density at radius 2 is 1.74 bits per heavy atom. The van der Waals surface area contributed by atoms with Gasteiger partial charge in [-0.3, -0.25) is 0 Å². The molecule has 0 aliphatic heterocycles. The van der Waals surface area contributed by atoms with Gasteiger partial charge in [0.25, 0.3) is 0 Å². The van der Waals surface area contributed by atoms with Crippen LogP contribution in [0.4, 0.5) is 0 Å². The van der Waals surface area contributed by atoms with Crippen molar-refractivity contribution in [2.45, 2.75) is 32.6 Å². The Hall–Kier alpha value is -5.61. The zero-order valence-electron chi connectivity index (χ0n) is 25.8. The van der Waals surface area contributed by atoms with Crippen molar-refractivity contribution in [1.29, 1.82) is 0 Å². The summed E-state index contributed by atoms with van der Waals surface area (Å²) < 4.78 is 12.8. The number of aliphatic imine (C=N–C) groups is 1. The Morgan fingerprint density at radius 1 is 0.848 bits per heavy atom. The number of allylic oxidation sites excluding steroid dienone is 5. The molecular formula is C42H34N2O2. The number of hydrogen-bond donors (Lipinski definition) is 1. The average molecular weight is 599 g/mol. The third kappa shape index (κ3) is 4.83. The molecule has 4 aromatic carbocycles. The van der Waals surface area contributed by atoms with Crippen LogP contribution in [0.1, 0.15) is 53.3 Å². The van der Waals surface area contributed by atoms with E-state index in [9.17, 15) is 0 Å². The molecule has 2 aromatic heterocycles. The van der Waals surface area contributed by atoms with E-state index in [0.717, 1.165) is 97.7 Å². The van der Waals surface area contributed by atoms with Gasteiger partial charge in [-0.2, -0.15) is 0 Å². The van der Waals surface area contributed by atoms with Gasteiger partial charge in [-0.15, -0.1) is 0 Å². The first-order valence-corrected chi connectivity index (χ1v) is 15.9. The molecule has 0 bridgehead atoms. The molecule has 8 rings (SSSR count). The van der Waals surface area contributed by atoms with Crippen molar-refractivity contribution in [2.75, 3.05) is 0 Å². The number of nitrogens with two attached hydrogens (primary N) is 1. The maximum Gasteiger partial charge on any atom is 0.136 e. The van der Waals surface area contributed by atoms with Gasteiger partial charge in [-0.1, -0.05) is 85.5 Å². The van der Waals surface area contributed by atoms with Crippen molar-refractivity contribution in [2.24, 2.45) is 10.7 Å². The molecule has 0 saturated carbocycles. The fraction of sp³-hybridized carbons (Fsp3) is 0.119. The lowest BCUT2D eigenvalue weighted by Gasteiger charge is -2.15. The molecule has 2 heterocycles. The van der Waals surface area contributed by atoms with Gasteiger partial charge >= 0.3 is 0 Å². The Bertz CT molecular complexity index is 2350. The minimum absolute atomic E-state index is 0.461. The smallest absolute Gasteiger partial charge is 0.136 e. The summed E-state index contributed by atoms with van der Waals surface area (Å²) in [6.45, 7) is 6.29. The summed E-state index contributed by atoms with van der Waals surface area (Å²) in [6.07, 6.45) is 18.6. The van der Waals surface area contributed by atoms with Crippen LogP contribution >= 0.6 is 0 Å². The second-order valence-electron chi connectivity index (χ2n) is 12.0. The van der Waals surface area contributed by atoms with Crippen LogP contribution in [0.15, 0.2) is 124 Å². The molecule has 4 nitrogen and oxygen atoms in total. The van der Waals surface area contributed by atoms with Crippen molar-refractivity contribution in [3.63, 3.8) is 0 Å². The number of furan rings is 2. The molecule has 0 spiro atoms. The predicted octanol–water partition coefficient (Wildman–Crippen LogP) is 10.9. The van der Waals surface area contributed by atoms with Crippen molar-refractivity contribution in [1.82, 2.24) is 0 Å². The third-order valence-corrected chi connectivity index (χ3v) is 9.06. The number of aryl methyl sites for hydroxylation is 2. The van der Waals surface area contributed by atoms with E-state index in [4.69, 9.17) is 19.6 Å². The van der Waals surface area contributed by atoms with Gasteiger partial charge in [0.1, 0.15) is 28.3 Å². The highest BCUT2D eigenvalue weighted by Crippen LogP contribution is 2.40. The molecule has 0 saturated heterocycles. The van der Waals surface area contributed by atoms with Crippen molar-refractivity contribution < 1.29 is 8.83 Å².